The van der Waals surface area contributed by atoms with Crippen molar-refractivity contribution in [2.75, 3.05) is 26.2 Å². The number of amides is 2. The highest BCUT2D eigenvalue weighted by Gasteiger charge is 2.57. The number of ether oxygens (including phenoxy) is 2. The Morgan fingerprint density at radius 1 is 1.27 bits per heavy atom. The molecule has 1 spiro atoms. The molecule has 3 heterocycles. The van der Waals surface area contributed by atoms with E-state index in [2.05, 4.69) is 0 Å². The smallest absolute Gasteiger partial charge is 0.410 e. The van der Waals surface area contributed by atoms with Gasteiger partial charge in [-0.2, -0.15) is 0 Å². The van der Waals surface area contributed by atoms with E-state index in [1.165, 1.54) is 9.80 Å². The maximum Gasteiger partial charge on any atom is 0.410 e. The molecule has 0 radical (unpaired) electrons. The van der Waals surface area contributed by atoms with Crippen molar-refractivity contribution in [2.24, 2.45) is 5.41 Å². The lowest BCUT2D eigenvalue weighted by atomic mass is 9.76. The second kappa shape index (κ2) is 6.25. The number of piperidine rings is 1. The van der Waals surface area contributed by atoms with Crippen LogP contribution in [0.4, 0.5) is 9.18 Å². The molecule has 0 aromatic heterocycles. The van der Waals surface area contributed by atoms with Crippen molar-refractivity contribution in [1.82, 2.24) is 9.80 Å². The third-order valence-electron chi connectivity index (χ3n) is 5.33. The summed E-state index contributed by atoms with van der Waals surface area (Å²) >= 11 is 0. The van der Waals surface area contributed by atoms with Crippen LogP contribution in [0.1, 0.15) is 40.5 Å². The zero-order valence-corrected chi connectivity index (χ0v) is 15.6. The van der Waals surface area contributed by atoms with Crippen molar-refractivity contribution in [3.05, 3.63) is 11.3 Å². The maximum absolute atomic E-state index is 14.9. The molecule has 26 heavy (non-hydrogen) atoms. The van der Waals surface area contributed by atoms with Crippen molar-refractivity contribution in [3.63, 3.8) is 0 Å². The number of carbonyl (C=O) groups excluding carboxylic acids is 3. The Hall–Kier alpha value is -2.12. The average molecular weight is 368 g/mol. The number of alkyl halides is 1. The van der Waals surface area contributed by atoms with E-state index in [1.54, 1.807) is 27.7 Å². The first-order valence-corrected chi connectivity index (χ1v) is 8.86. The van der Waals surface area contributed by atoms with Crippen LogP contribution in [0.5, 0.6) is 0 Å². The summed E-state index contributed by atoms with van der Waals surface area (Å²) in [5.41, 5.74) is -0.937. The van der Waals surface area contributed by atoms with E-state index < -0.39 is 29.3 Å². The van der Waals surface area contributed by atoms with Crippen LogP contribution in [0, 0.1) is 5.41 Å². The van der Waals surface area contributed by atoms with Crippen molar-refractivity contribution >= 4 is 18.0 Å². The lowest BCUT2D eigenvalue weighted by molar-refractivity contribution is -0.139. The van der Waals surface area contributed by atoms with Crippen LogP contribution in [0.25, 0.3) is 0 Å². The highest BCUT2D eigenvalue weighted by atomic mass is 19.1. The molecule has 1 atom stereocenters. The Kier molecular flexibility index (Phi) is 4.48. The van der Waals surface area contributed by atoms with Gasteiger partial charge in [-0.3, -0.25) is 4.79 Å². The molecule has 8 heteroatoms. The molecule has 2 amide bonds. The Labute approximate surface area is 152 Å². The summed E-state index contributed by atoms with van der Waals surface area (Å²) in [6.07, 6.45) is -1.31. The SMILES string of the molecule is CC1=C(N2CC(F)C3(CCN(C(=O)OC(C)(C)C)CC3)C2=O)COC1=O. The topological polar surface area (TPSA) is 76.2 Å². The molecule has 3 rings (SSSR count). The zero-order chi connectivity index (χ0) is 19.3. The molecular weight excluding hydrogens is 343 g/mol. The van der Waals surface area contributed by atoms with Crippen molar-refractivity contribution < 1.29 is 28.2 Å². The third kappa shape index (κ3) is 3.05. The molecular formula is C18H25FN2O5. The standard InChI is InChI=1S/C18H25FN2O5/c1-11-12(10-25-14(11)22)21-9-13(19)18(15(21)23)5-7-20(8-6-18)16(24)26-17(2,3)4/h13H,5-10H2,1-4H3. The van der Waals surface area contributed by atoms with Crippen molar-refractivity contribution in [1.29, 1.82) is 0 Å². The number of likely N-dealkylation sites (tertiary alicyclic amines) is 2. The average Bonchev–Trinajstić information content (AvgIpc) is 2.99. The molecule has 3 aliphatic rings. The van der Waals surface area contributed by atoms with Crippen LogP contribution in [0.3, 0.4) is 0 Å². The fourth-order valence-electron chi connectivity index (χ4n) is 3.74. The van der Waals surface area contributed by atoms with Gasteiger partial charge in [-0.15, -0.1) is 0 Å². The first-order chi connectivity index (χ1) is 12.0. The molecule has 0 aromatic carbocycles. The van der Waals surface area contributed by atoms with Crippen LogP contribution >= 0.6 is 0 Å². The highest BCUT2D eigenvalue weighted by molar-refractivity contribution is 5.94. The molecule has 144 valence electrons. The number of nitrogens with zero attached hydrogens (tertiary/aromatic N) is 2. The van der Waals surface area contributed by atoms with E-state index in [0.29, 0.717) is 11.3 Å². The minimum atomic E-state index is -1.34. The van der Waals surface area contributed by atoms with Crippen LogP contribution < -0.4 is 0 Å². The predicted octanol–water partition coefficient (Wildman–Crippen LogP) is 2.01. The number of hydrogen-bond acceptors (Lipinski definition) is 5. The summed E-state index contributed by atoms with van der Waals surface area (Å²) < 4.78 is 25.2. The largest absolute Gasteiger partial charge is 0.456 e. The highest BCUT2D eigenvalue weighted by Crippen LogP contribution is 2.45. The normalized spacial score (nSPS) is 26.0. The Balaban J connectivity index is 1.71. The Morgan fingerprint density at radius 3 is 2.38 bits per heavy atom. The monoisotopic (exact) mass is 368 g/mol. The number of carbonyl (C=O) groups is 3. The van der Waals surface area contributed by atoms with E-state index in [1.807, 2.05) is 0 Å². The number of hydrogen-bond donors (Lipinski definition) is 0. The van der Waals surface area contributed by atoms with Crippen molar-refractivity contribution in [2.45, 2.75) is 52.3 Å². The van der Waals surface area contributed by atoms with Gasteiger partial charge in [0.1, 0.15) is 18.4 Å². The van der Waals surface area contributed by atoms with Gasteiger partial charge in [0.05, 0.1) is 23.2 Å². The molecule has 0 aromatic rings. The van der Waals surface area contributed by atoms with E-state index >= 15 is 0 Å². The van der Waals surface area contributed by atoms with Gasteiger partial charge >= 0.3 is 12.1 Å². The summed E-state index contributed by atoms with van der Waals surface area (Å²) in [6, 6.07) is 0. The van der Waals surface area contributed by atoms with E-state index in [9.17, 15) is 18.8 Å². The van der Waals surface area contributed by atoms with Gasteiger partial charge in [-0.05, 0) is 40.5 Å². The zero-order valence-electron chi connectivity index (χ0n) is 15.6. The van der Waals surface area contributed by atoms with Crippen LogP contribution in [-0.2, 0) is 19.1 Å². The summed E-state index contributed by atoms with van der Waals surface area (Å²) in [6.45, 7) is 7.40. The summed E-state index contributed by atoms with van der Waals surface area (Å²) in [5, 5.41) is 0. The Morgan fingerprint density at radius 2 is 1.88 bits per heavy atom. The van der Waals surface area contributed by atoms with Crippen LogP contribution in [0.2, 0.25) is 0 Å². The second-order valence-corrected chi connectivity index (χ2v) is 8.15. The maximum atomic E-state index is 14.9. The van der Waals surface area contributed by atoms with Crippen LogP contribution in [0.15, 0.2) is 11.3 Å². The second-order valence-electron chi connectivity index (χ2n) is 8.15. The summed E-state index contributed by atoms with van der Waals surface area (Å²) in [7, 11) is 0. The quantitative estimate of drug-likeness (QED) is 0.662. The van der Waals surface area contributed by atoms with Gasteiger partial charge in [-0.1, -0.05) is 0 Å². The molecule has 3 aliphatic heterocycles. The molecule has 0 aliphatic carbocycles. The lowest BCUT2D eigenvalue weighted by Crippen LogP contribution is -2.50. The molecule has 2 fully saturated rings. The summed E-state index contributed by atoms with van der Waals surface area (Å²) in [4.78, 5) is 39.6. The minimum absolute atomic E-state index is 0.00321. The van der Waals surface area contributed by atoms with Crippen LogP contribution in [-0.4, -0.2) is 65.8 Å². The first kappa shape index (κ1) is 18.7. The fraction of sp³-hybridized carbons (Fsp3) is 0.722. The third-order valence-corrected chi connectivity index (χ3v) is 5.33. The number of cyclic esters (lactones) is 1. The molecule has 0 saturated carbocycles. The molecule has 0 N–H and O–H groups in total. The fourth-order valence-corrected chi connectivity index (χ4v) is 3.74. The van der Waals surface area contributed by atoms with Gasteiger partial charge in [-0.25, -0.2) is 14.0 Å². The number of esters is 1. The molecule has 2 saturated heterocycles. The molecule has 1 unspecified atom stereocenters. The van der Waals surface area contributed by atoms with Gasteiger partial charge in [0.25, 0.3) is 0 Å². The van der Waals surface area contributed by atoms with E-state index in [4.69, 9.17) is 9.47 Å². The molecule has 7 nitrogen and oxygen atoms in total. The van der Waals surface area contributed by atoms with Gasteiger partial charge in [0.15, 0.2) is 0 Å². The lowest BCUT2D eigenvalue weighted by Gasteiger charge is -2.39. The predicted molar refractivity (Wildman–Crippen MR) is 89.7 cm³/mol. The van der Waals surface area contributed by atoms with E-state index in [0.717, 1.165) is 0 Å². The molecule has 0 bridgehead atoms. The summed E-state index contributed by atoms with van der Waals surface area (Å²) in [5.74, 6) is -0.787. The Bertz CT molecular complexity index is 674. The van der Waals surface area contributed by atoms with E-state index in [-0.39, 0.29) is 45.0 Å². The number of rotatable bonds is 1. The first-order valence-electron chi connectivity index (χ1n) is 8.86. The number of halogens is 1. The minimum Gasteiger partial charge on any atom is -0.456 e. The van der Waals surface area contributed by atoms with Gasteiger partial charge in [0.2, 0.25) is 5.91 Å². The van der Waals surface area contributed by atoms with Crippen molar-refractivity contribution in [3.8, 4) is 0 Å². The van der Waals surface area contributed by atoms with Gasteiger partial charge in [0, 0.05) is 13.1 Å². The van der Waals surface area contributed by atoms with Gasteiger partial charge < -0.3 is 19.3 Å².